The van der Waals surface area contributed by atoms with Gasteiger partial charge in [0.05, 0.1) is 5.69 Å². The molecular weight excluding hydrogens is 593 g/mol. The minimum atomic E-state index is -0.926. The number of nitrogens with one attached hydrogen (secondary N) is 3. The molecule has 12 nitrogen and oxygen atoms in total. The Bertz CT molecular complexity index is 1380. The van der Waals surface area contributed by atoms with Crippen LogP contribution < -0.4 is 16.0 Å². The highest BCUT2D eigenvalue weighted by Gasteiger charge is 2.36. The second-order valence-corrected chi connectivity index (χ2v) is 13.2. The van der Waals surface area contributed by atoms with Gasteiger partial charge in [-0.15, -0.1) is 0 Å². The highest BCUT2D eigenvalue weighted by Crippen LogP contribution is 2.32. The van der Waals surface area contributed by atoms with Crippen LogP contribution in [0.5, 0.6) is 0 Å². The molecule has 252 valence electrons. The van der Waals surface area contributed by atoms with Crippen molar-refractivity contribution in [2.75, 3.05) is 38.5 Å². The number of aromatic nitrogens is 2. The summed E-state index contributed by atoms with van der Waals surface area (Å²) in [6.07, 6.45) is 3.51. The molecule has 3 N–H and O–H groups in total. The van der Waals surface area contributed by atoms with Crippen molar-refractivity contribution < 1.29 is 28.2 Å². The number of halogens is 1. The summed E-state index contributed by atoms with van der Waals surface area (Å²) in [5.41, 5.74) is 0.877. The third-order valence-corrected chi connectivity index (χ3v) is 9.37. The van der Waals surface area contributed by atoms with Gasteiger partial charge in [0.25, 0.3) is 5.91 Å². The zero-order valence-corrected chi connectivity index (χ0v) is 27.8. The second kappa shape index (κ2) is 15.6. The Labute approximate surface area is 270 Å². The second-order valence-electron chi connectivity index (χ2n) is 13.2. The average molecular weight is 642 g/mol. The number of hydrogen-bond donors (Lipinski definition) is 3. The van der Waals surface area contributed by atoms with E-state index in [0.717, 1.165) is 38.8 Å². The zero-order chi connectivity index (χ0) is 33.5. The lowest BCUT2D eigenvalue weighted by Crippen LogP contribution is -2.55. The van der Waals surface area contributed by atoms with Crippen LogP contribution in [-0.4, -0.2) is 89.1 Å². The number of nitrogens with zero attached hydrogens (tertiary/aromatic N) is 4. The van der Waals surface area contributed by atoms with E-state index in [0.29, 0.717) is 30.3 Å². The maximum absolute atomic E-state index is 15.6. The largest absolute Gasteiger partial charge is 0.344 e. The first-order chi connectivity index (χ1) is 21.9. The summed E-state index contributed by atoms with van der Waals surface area (Å²) in [6.45, 7) is 11.9. The number of amides is 4. The molecule has 2 aromatic rings. The van der Waals surface area contributed by atoms with Crippen molar-refractivity contribution in [3.05, 3.63) is 41.0 Å². The van der Waals surface area contributed by atoms with Gasteiger partial charge >= 0.3 is 0 Å². The summed E-state index contributed by atoms with van der Waals surface area (Å²) in [4.78, 5) is 56.7. The molecule has 0 bridgehead atoms. The monoisotopic (exact) mass is 641 g/mol. The minimum Gasteiger partial charge on any atom is -0.344 e. The lowest BCUT2D eigenvalue weighted by molar-refractivity contribution is -0.138. The predicted molar refractivity (Wildman–Crippen MR) is 171 cm³/mol. The Morgan fingerprint density at radius 3 is 2.28 bits per heavy atom. The maximum Gasteiger partial charge on any atom is 0.276 e. The van der Waals surface area contributed by atoms with E-state index in [9.17, 15) is 19.2 Å². The van der Waals surface area contributed by atoms with E-state index in [1.165, 1.54) is 12.1 Å². The molecule has 1 aliphatic heterocycles. The van der Waals surface area contributed by atoms with Crippen molar-refractivity contribution in [3.63, 3.8) is 0 Å². The van der Waals surface area contributed by atoms with Crippen molar-refractivity contribution in [3.8, 4) is 0 Å². The molecule has 3 atom stereocenters. The Morgan fingerprint density at radius 2 is 1.67 bits per heavy atom. The van der Waals surface area contributed by atoms with Crippen LogP contribution in [0.25, 0.3) is 0 Å². The highest BCUT2D eigenvalue weighted by atomic mass is 19.1. The number of carbonyl (C=O) groups is 4. The van der Waals surface area contributed by atoms with Crippen LogP contribution >= 0.6 is 0 Å². The van der Waals surface area contributed by atoms with Gasteiger partial charge in [0.15, 0.2) is 5.69 Å². The highest BCUT2D eigenvalue weighted by molar-refractivity contribution is 6.01. The van der Waals surface area contributed by atoms with E-state index in [-0.39, 0.29) is 41.5 Å². The standard InChI is InChI=1S/C33H48FN7O5/c1-7-26(42)36-28(33(45)41-16-14-40(6)15-17-41)21(5)23-12-13-25(24(34)18-23)35-31(43)29(22-10-8-20(4)9-11-22)37-32(44)30-27(19(2)3)38-46-39-30/h12-13,18-22,28-29H,7-11,14-17H2,1-6H3,(H,35,43)(H,36,42)(H,37,44)/t20-,21-,22-,28+,29-/m0/s1. The van der Waals surface area contributed by atoms with Gasteiger partial charge in [-0.1, -0.05) is 58.7 Å². The van der Waals surface area contributed by atoms with Crippen molar-refractivity contribution in [2.24, 2.45) is 11.8 Å². The molecule has 4 amide bonds. The Kier molecular flexibility index (Phi) is 11.9. The SMILES string of the molecule is CCC(=O)N[C@@H](C(=O)N1CCN(C)CC1)[C@@H](C)c1ccc(NC(=O)[C@@H](NC(=O)c2nonc2C(C)C)[C@H]2CC[C@H](C)CC2)c(F)c1. The molecule has 4 rings (SSSR count). The molecule has 1 aromatic heterocycles. The molecule has 1 aliphatic carbocycles. The van der Waals surface area contributed by atoms with Gasteiger partial charge in [0.2, 0.25) is 17.7 Å². The van der Waals surface area contributed by atoms with E-state index < -0.39 is 35.6 Å². The van der Waals surface area contributed by atoms with Crippen LogP contribution in [0, 0.1) is 17.7 Å². The van der Waals surface area contributed by atoms with Crippen LogP contribution in [-0.2, 0) is 14.4 Å². The van der Waals surface area contributed by atoms with Gasteiger partial charge < -0.3 is 25.8 Å². The summed E-state index contributed by atoms with van der Waals surface area (Å²) in [5, 5.41) is 16.0. The van der Waals surface area contributed by atoms with Crippen LogP contribution in [0.4, 0.5) is 10.1 Å². The number of piperazine rings is 1. The van der Waals surface area contributed by atoms with Gasteiger partial charge in [-0.3, -0.25) is 19.2 Å². The third-order valence-electron chi connectivity index (χ3n) is 9.37. The van der Waals surface area contributed by atoms with Crippen molar-refractivity contribution in [1.29, 1.82) is 0 Å². The molecule has 1 saturated heterocycles. The zero-order valence-electron chi connectivity index (χ0n) is 27.8. The first-order valence-electron chi connectivity index (χ1n) is 16.4. The van der Waals surface area contributed by atoms with Gasteiger partial charge in [-0.2, -0.15) is 0 Å². The average Bonchev–Trinajstić information content (AvgIpc) is 3.54. The van der Waals surface area contributed by atoms with Crippen molar-refractivity contribution in [1.82, 2.24) is 30.7 Å². The van der Waals surface area contributed by atoms with Crippen LogP contribution in [0.1, 0.15) is 100 Å². The molecule has 0 spiro atoms. The Balaban J connectivity index is 1.52. The molecule has 1 aromatic carbocycles. The van der Waals surface area contributed by atoms with Crippen LogP contribution in [0.3, 0.4) is 0 Å². The van der Waals surface area contributed by atoms with E-state index in [1.807, 2.05) is 20.9 Å². The molecule has 2 aliphatic rings. The van der Waals surface area contributed by atoms with Crippen molar-refractivity contribution in [2.45, 2.75) is 90.6 Å². The van der Waals surface area contributed by atoms with E-state index >= 15 is 4.39 Å². The fourth-order valence-corrected chi connectivity index (χ4v) is 6.18. The van der Waals surface area contributed by atoms with E-state index in [4.69, 9.17) is 4.63 Å². The van der Waals surface area contributed by atoms with Gasteiger partial charge in [0.1, 0.15) is 23.6 Å². The molecule has 46 heavy (non-hydrogen) atoms. The first-order valence-corrected chi connectivity index (χ1v) is 16.4. The summed E-state index contributed by atoms with van der Waals surface area (Å²) >= 11 is 0. The fraction of sp³-hybridized carbons (Fsp3) is 0.636. The first kappa shape index (κ1) is 35.0. The third kappa shape index (κ3) is 8.48. The molecule has 2 fully saturated rings. The molecule has 0 radical (unpaired) electrons. The Hall–Kier alpha value is -3.87. The molecule has 0 unspecified atom stereocenters. The van der Waals surface area contributed by atoms with E-state index in [2.05, 4.69) is 38.1 Å². The fourth-order valence-electron chi connectivity index (χ4n) is 6.18. The summed E-state index contributed by atoms with van der Waals surface area (Å²) in [5.74, 6) is -2.54. The minimum absolute atomic E-state index is 0.0253. The molecule has 13 heteroatoms. The molecule has 2 heterocycles. The smallest absolute Gasteiger partial charge is 0.276 e. The molecular formula is C33H48FN7O5. The van der Waals surface area contributed by atoms with E-state index in [1.54, 1.807) is 24.8 Å². The van der Waals surface area contributed by atoms with Gasteiger partial charge in [-0.05, 0) is 54.6 Å². The quantitative estimate of drug-likeness (QED) is 0.337. The normalized spacial score (nSPS) is 20.9. The summed E-state index contributed by atoms with van der Waals surface area (Å²) < 4.78 is 20.4. The number of hydrogen-bond acceptors (Lipinski definition) is 8. The van der Waals surface area contributed by atoms with Crippen LogP contribution in [0.2, 0.25) is 0 Å². The summed E-state index contributed by atoms with van der Waals surface area (Å²) in [7, 11) is 1.99. The molecule has 1 saturated carbocycles. The van der Waals surface area contributed by atoms with Crippen molar-refractivity contribution >= 4 is 29.3 Å². The van der Waals surface area contributed by atoms with Crippen LogP contribution in [0.15, 0.2) is 22.8 Å². The number of likely N-dealkylation sites (N-methyl/N-ethyl adjacent to an activating group) is 1. The number of anilines is 1. The Morgan fingerprint density at radius 1 is 1.00 bits per heavy atom. The number of benzene rings is 1. The van der Waals surface area contributed by atoms with Gasteiger partial charge in [-0.25, -0.2) is 9.02 Å². The summed E-state index contributed by atoms with van der Waals surface area (Å²) in [6, 6.07) is 2.60. The lowest BCUT2D eigenvalue weighted by atomic mass is 9.79. The topological polar surface area (TPSA) is 150 Å². The number of carbonyl (C=O) groups excluding carboxylic acids is 4. The number of rotatable bonds is 11. The maximum atomic E-state index is 15.6. The van der Waals surface area contributed by atoms with Gasteiger partial charge in [0, 0.05) is 44.4 Å². The predicted octanol–water partition coefficient (Wildman–Crippen LogP) is 3.67. The lowest BCUT2D eigenvalue weighted by Gasteiger charge is -2.36.